The van der Waals surface area contributed by atoms with Gasteiger partial charge in [0.05, 0.1) is 12.1 Å². The number of rotatable bonds is 1. The molecule has 0 amide bonds. The summed E-state index contributed by atoms with van der Waals surface area (Å²) >= 11 is 0. The number of likely N-dealkylation sites (N-methyl/N-ethyl adjacent to an activating group) is 1. The van der Waals surface area contributed by atoms with Crippen molar-refractivity contribution < 1.29 is 9.53 Å². The maximum absolute atomic E-state index is 12.7. The highest BCUT2D eigenvalue weighted by Gasteiger charge is 2.38. The average molecular weight is 295 g/mol. The van der Waals surface area contributed by atoms with Crippen LogP contribution in [0.4, 0.5) is 0 Å². The topological polar surface area (TPSA) is 29.5 Å². The number of carbonyl (C=O) groups excluding carboxylic acids is 1. The van der Waals surface area contributed by atoms with Crippen LogP contribution in [-0.2, 0) is 9.53 Å². The van der Waals surface area contributed by atoms with Gasteiger partial charge in [-0.05, 0) is 38.8 Å². The molecule has 2 aliphatic rings. The number of ether oxygens (including phenoxy) is 1. The summed E-state index contributed by atoms with van der Waals surface area (Å²) < 4.78 is 5.93. The molecule has 2 rings (SSSR count). The second kappa shape index (κ2) is 8.89. The fraction of sp³-hybridized carbons (Fsp3) is 0.944. The van der Waals surface area contributed by atoms with Gasteiger partial charge in [-0.2, -0.15) is 0 Å². The van der Waals surface area contributed by atoms with E-state index in [1.165, 1.54) is 44.9 Å². The number of ketones is 1. The van der Waals surface area contributed by atoms with Crippen LogP contribution in [0, 0.1) is 5.92 Å². The molecule has 122 valence electrons. The maximum Gasteiger partial charge on any atom is 0.152 e. The molecule has 2 heterocycles. The van der Waals surface area contributed by atoms with E-state index >= 15 is 0 Å². The lowest BCUT2D eigenvalue weighted by molar-refractivity contribution is -0.129. The molecule has 3 nitrogen and oxygen atoms in total. The Balaban J connectivity index is 2.01. The van der Waals surface area contributed by atoms with Gasteiger partial charge in [0, 0.05) is 13.0 Å². The molecule has 0 spiro atoms. The Morgan fingerprint density at radius 3 is 2.24 bits per heavy atom. The molecule has 21 heavy (non-hydrogen) atoms. The predicted molar refractivity (Wildman–Crippen MR) is 86.5 cm³/mol. The van der Waals surface area contributed by atoms with E-state index < -0.39 is 0 Å². The molecule has 0 aromatic carbocycles. The number of hydrogen-bond acceptors (Lipinski definition) is 3. The minimum Gasteiger partial charge on any atom is -0.376 e. The largest absolute Gasteiger partial charge is 0.376 e. The minimum atomic E-state index is -0.0109. The van der Waals surface area contributed by atoms with Crippen LogP contribution >= 0.6 is 0 Å². The smallest absolute Gasteiger partial charge is 0.152 e. The average Bonchev–Trinajstić information content (AvgIpc) is 2.87. The van der Waals surface area contributed by atoms with Gasteiger partial charge in [0.1, 0.15) is 0 Å². The highest BCUT2D eigenvalue weighted by molar-refractivity contribution is 5.84. The van der Waals surface area contributed by atoms with Gasteiger partial charge in [-0.15, -0.1) is 0 Å². The molecule has 0 unspecified atom stereocenters. The molecule has 0 aromatic heterocycles. The third kappa shape index (κ3) is 5.07. The zero-order chi connectivity index (χ0) is 15.1. The third-order valence-corrected chi connectivity index (χ3v) is 5.24. The fourth-order valence-electron chi connectivity index (χ4n) is 3.81. The third-order valence-electron chi connectivity index (χ3n) is 5.24. The zero-order valence-electron chi connectivity index (χ0n) is 14.0. The molecule has 0 saturated carbocycles. The lowest BCUT2D eigenvalue weighted by Gasteiger charge is -2.33. The first-order valence-electron chi connectivity index (χ1n) is 9.04. The van der Waals surface area contributed by atoms with Crippen LogP contribution in [-0.4, -0.2) is 43.0 Å². The molecule has 2 aliphatic heterocycles. The van der Waals surface area contributed by atoms with E-state index in [0.29, 0.717) is 11.7 Å². The first-order valence-corrected chi connectivity index (χ1v) is 9.04. The van der Waals surface area contributed by atoms with Gasteiger partial charge in [-0.3, -0.25) is 9.69 Å². The second-order valence-electron chi connectivity index (χ2n) is 7.07. The summed E-state index contributed by atoms with van der Waals surface area (Å²) in [5.41, 5.74) is 0. The Bertz CT molecular complexity index is 318. The first kappa shape index (κ1) is 17.0. The van der Waals surface area contributed by atoms with Crippen LogP contribution in [0.2, 0.25) is 0 Å². The number of Topliss-reactive ketones (excluding diaryl/α,β-unsaturated/α-hetero) is 1. The molecular weight excluding hydrogens is 262 g/mol. The molecule has 0 bridgehead atoms. The summed E-state index contributed by atoms with van der Waals surface area (Å²) in [6.07, 6.45) is 12.1. The Kier molecular flexibility index (Phi) is 7.18. The van der Waals surface area contributed by atoms with Crippen LogP contribution in [0.3, 0.4) is 0 Å². The Hall–Kier alpha value is -0.410. The van der Waals surface area contributed by atoms with E-state index in [4.69, 9.17) is 4.74 Å². The van der Waals surface area contributed by atoms with Crippen LogP contribution < -0.4 is 0 Å². The molecular formula is C18H33NO2. The highest BCUT2D eigenvalue weighted by atomic mass is 16.5. The molecule has 0 aliphatic carbocycles. The molecule has 0 radical (unpaired) electrons. The van der Waals surface area contributed by atoms with E-state index in [9.17, 15) is 4.79 Å². The van der Waals surface area contributed by atoms with Crippen molar-refractivity contribution in [3.05, 3.63) is 0 Å². The molecule has 0 aromatic rings. The maximum atomic E-state index is 12.7. The number of carbonyl (C=O) groups is 1. The monoisotopic (exact) mass is 295 g/mol. The summed E-state index contributed by atoms with van der Waals surface area (Å²) in [7, 11) is 2.12. The minimum absolute atomic E-state index is 0.0109. The fourth-order valence-corrected chi connectivity index (χ4v) is 3.81. The molecule has 3 heteroatoms. The van der Waals surface area contributed by atoms with Crippen molar-refractivity contribution in [1.29, 1.82) is 0 Å². The van der Waals surface area contributed by atoms with Gasteiger partial charge in [-0.1, -0.05) is 45.4 Å². The quantitative estimate of drug-likeness (QED) is 0.737. The van der Waals surface area contributed by atoms with E-state index in [1.54, 1.807) is 0 Å². The van der Waals surface area contributed by atoms with Crippen molar-refractivity contribution in [3.63, 3.8) is 0 Å². The first-order chi connectivity index (χ1) is 10.2. The van der Waals surface area contributed by atoms with E-state index in [1.807, 2.05) is 0 Å². The van der Waals surface area contributed by atoms with Gasteiger partial charge in [0.15, 0.2) is 5.78 Å². The number of hydrogen-bond donors (Lipinski definition) is 0. The van der Waals surface area contributed by atoms with Gasteiger partial charge in [0.25, 0.3) is 0 Å². The number of nitrogens with zero attached hydrogens (tertiary/aromatic N) is 1. The van der Waals surface area contributed by atoms with Crippen LogP contribution in [0.25, 0.3) is 0 Å². The van der Waals surface area contributed by atoms with E-state index in [-0.39, 0.29) is 12.1 Å². The van der Waals surface area contributed by atoms with Crippen molar-refractivity contribution in [1.82, 2.24) is 4.90 Å². The molecule has 0 N–H and O–H groups in total. The van der Waals surface area contributed by atoms with Crippen molar-refractivity contribution in [3.8, 4) is 0 Å². The van der Waals surface area contributed by atoms with Gasteiger partial charge >= 0.3 is 0 Å². The van der Waals surface area contributed by atoms with Gasteiger partial charge in [0.2, 0.25) is 0 Å². The second-order valence-corrected chi connectivity index (χ2v) is 7.07. The standard InChI is InChI=1S/C18H33NO2/c1-15-12-14-21-18(15)17-16(20)11-9-7-5-3-4-6-8-10-13-19(17)2/h15,17-18H,3-14H2,1-2H3/t15-,17-,18-/m1/s1. The van der Waals surface area contributed by atoms with E-state index in [0.717, 1.165) is 32.4 Å². The summed E-state index contributed by atoms with van der Waals surface area (Å²) in [5, 5.41) is 0. The van der Waals surface area contributed by atoms with Crippen molar-refractivity contribution >= 4 is 5.78 Å². The van der Waals surface area contributed by atoms with Crippen LogP contribution in [0.1, 0.15) is 71.1 Å². The Morgan fingerprint density at radius 1 is 1.00 bits per heavy atom. The van der Waals surface area contributed by atoms with Crippen molar-refractivity contribution in [2.75, 3.05) is 20.2 Å². The lowest BCUT2D eigenvalue weighted by atomic mass is 9.91. The molecule has 2 fully saturated rings. The van der Waals surface area contributed by atoms with Crippen LogP contribution in [0.5, 0.6) is 0 Å². The normalized spacial score (nSPS) is 35.0. The lowest BCUT2D eigenvalue weighted by Crippen LogP contribution is -2.49. The summed E-state index contributed by atoms with van der Waals surface area (Å²) in [6, 6.07) is -0.0109. The summed E-state index contributed by atoms with van der Waals surface area (Å²) in [6.45, 7) is 4.09. The van der Waals surface area contributed by atoms with Gasteiger partial charge in [-0.25, -0.2) is 0 Å². The zero-order valence-corrected chi connectivity index (χ0v) is 14.0. The van der Waals surface area contributed by atoms with Gasteiger partial charge < -0.3 is 4.74 Å². The van der Waals surface area contributed by atoms with E-state index in [2.05, 4.69) is 18.9 Å². The van der Waals surface area contributed by atoms with Crippen molar-refractivity contribution in [2.24, 2.45) is 5.92 Å². The Labute approximate surface area is 130 Å². The summed E-state index contributed by atoms with van der Waals surface area (Å²) in [5.74, 6) is 0.924. The SMILES string of the molecule is C[C@@H]1CCO[C@H]1[C@H]1C(=O)CCCCCCCCCCN1C. The summed E-state index contributed by atoms with van der Waals surface area (Å²) in [4.78, 5) is 15.0. The molecule has 3 atom stereocenters. The van der Waals surface area contributed by atoms with Crippen molar-refractivity contribution in [2.45, 2.75) is 83.3 Å². The molecule has 2 saturated heterocycles. The Morgan fingerprint density at radius 2 is 1.62 bits per heavy atom. The highest BCUT2D eigenvalue weighted by Crippen LogP contribution is 2.27. The van der Waals surface area contributed by atoms with Crippen LogP contribution in [0.15, 0.2) is 0 Å². The predicted octanol–water partition coefficient (Wildman–Crippen LogP) is 3.81.